The molecule has 6 nitrogen and oxygen atoms in total. The lowest BCUT2D eigenvalue weighted by atomic mass is 10.2. The Balaban J connectivity index is 2.22. The van der Waals surface area contributed by atoms with Gasteiger partial charge < -0.3 is 9.88 Å². The van der Waals surface area contributed by atoms with E-state index < -0.39 is 10.0 Å². The molecule has 1 aromatic rings. The van der Waals surface area contributed by atoms with Crippen LogP contribution >= 0.6 is 0 Å². The highest BCUT2D eigenvalue weighted by atomic mass is 32.2. The molecule has 1 unspecified atom stereocenters. The van der Waals surface area contributed by atoms with Gasteiger partial charge in [0.1, 0.15) is 0 Å². The van der Waals surface area contributed by atoms with Gasteiger partial charge in [-0.25, -0.2) is 13.4 Å². The fraction of sp³-hybridized carbons (Fsp3) is 0.786. The third-order valence-corrected chi connectivity index (χ3v) is 5.48. The highest BCUT2D eigenvalue weighted by Gasteiger charge is 2.33. The van der Waals surface area contributed by atoms with Crippen molar-refractivity contribution in [3.63, 3.8) is 0 Å². The third kappa shape index (κ3) is 3.84. The predicted molar refractivity (Wildman–Crippen MR) is 82.5 cm³/mol. The van der Waals surface area contributed by atoms with E-state index in [-0.39, 0.29) is 11.1 Å². The van der Waals surface area contributed by atoms with Crippen LogP contribution in [0.3, 0.4) is 0 Å². The Labute approximate surface area is 127 Å². The van der Waals surface area contributed by atoms with Crippen molar-refractivity contribution in [1.82, 2.24) is 19.2 Å². The first-order chi connectivity index (χ1) is 9.95. The number of nitrogens with zero attached hydrogens (tertiary/aromatic N) is 3. The van der Waals surface area contributed by atoms with E-state index in [1.165, 1.54) is 0 Å². The van der Waals surface area contributed by atoms with E-state index in [1.54, 1.807) is 16.8 Å². The molecular weight excluding hydrogens is 288 g/mol. The van der Waals surface area contributed by atoms with Gasteiger partial charge in [-0.15, -0.1) is 0 Å². The van der Waals surface area contributed by atoms with Crippen LogP contribution in [0.25, 0.3) is 0 Å². The summed E-state index contributed by atoms with van der Waals surface area (Å²) >= 11 is 0. The minimum absolute atomic E-state index is 0.0465. The number of sulfonamides is 1. The first-order valence-corrected chi connectivity index (χ1v) is 9.13. The quantitative estimate of drug-likeness (QED) is 0.824. The van der Waals surface area contributed by atoms with Crippen LogP contribution < -0.4 is 5.32 Å². The van der Waals surface area contributed by atoms with E-state index in [0.29, 0.717) is 12.5 Å². The summed E-state index contributed by atoms with van der Waals surface area (Å²) in [7, 11) is -3.50. The van der Waals surface area contributed by atoms with Gasteiger partial charge in [-0.1, -0.05) is 20.8 Å². The molecule has 1 saturated heterocycles. The molecule has 1 aromatic heterocycles. The summed E-state index contributed by atoms with van der Waals surface area (Å²) in [4.78, 5) is 4.13. The van der Waals surface area contributed by atoms with E-state index in [2.05, 4.69) is 24.1 Å². The van der Waals surface area contributed by atoms with E-state index in [9.17, 15) is 8.42 Å². The fourth-order valence-corrected chi connectivity index (χ4v) is 4.40. The molecule has 1 aliphatic heterocycles. The highest BCUT2D eigenvalue weighted by molar-refractivity contribution is 7.89. The van der Waals surface area contributed by atoms with E-state index in [1.807, 2.05) is 11.5 Å². The van der Waals surface area contributed by atoms with Gasteiger partial charge in [0.25, 0.3) is 10.0 Å². The molecule has 0 saturated carbocycles. The molecule has 0 aliphatic carbocycles. The predicted octanol–water partition coefficient (Wildman–Crippen LogP) is 1.30. The molecule has 7 heteroatoms. The van der Waals surface area contributed by atoms with Crippen molar-refractivity contribution in [2.75, 3.05) is 19.6 Å². The zero-order valence-electron chi connectivity index (χ0n) is 13.1. The first kappa shape index (κ1) is 16.5. The SMILES string of the molecule is CCCN(C1CCNC1)S(=O)(=O)c1cn(CC(C)C)cn1. The zero-order chi connectivity index (χ0) is 15.5. The van der Waals surface area contributed by atoms with Crippen LogP contribution in [0, 0.1) is 5.92 Å². The van der Waals surface area contributed by atoms with Gasteiger partial charge in [0.2, 0.25) is 0 Å². The van der Waals surface area contributed by atoms with Gasteiger partial charge in [-0.2, -0.15) is 4.31 Å². The molecule has 0 aromatic carbocycles. The monoisotopic (exact) mass is 314 g/mol. The van der Waals surface area contributed by atoms with Crippen molar-refractivity contribution in [2.24, 2.45) is 5.92 Å². The fourth-order valence-electron chi connectivity index (χ4n) is 2.72. The van der Waals surface area contributed by atoms with Crippen LogP contribution in [0.5, 0.6) is 0 Å². The molecule has 2 heterocycles. The number of hydrogen-bond acceptors (Lipinski definition) is 4. The molecule has 2 rings (SSSR count). The molecule has 0 bridgehead atoms. The van der Waals surface area contributed by atoms with Crippen LogP contribution in [0.2, 0.25) is 0 Å². The summed E-state index contributed by atoms with van der Waals surface area (Å²) in [5.74, 6) is 0.459. The molecule has 1 fully saturated rings. The normalized spacial score (nSPS) is 19.8. The minimum Gasteiger partial charge on any atom is -0.336 e. The van der Waals surface area contributed by atoms with Crippen LogP contribution in [0.1, 0.15) is 33.6 Å². The molecule has 1 N–H and O–H groups in total. The molecule has 120 valence electrons. The maximum Gasteiger partial charge on any atom is 0.262 e. The number of imidazole rings is 1. The largest absolute Gasteiger partial charge is 0.336 e. The summed E-state index contributed by atoms with van der Waals surface area (Å²) in [6, 6.07) is 0.0465. The maximum atomic E-state index is 12.8. The van der Waals surface area contributed by atoms with E-state index >= 15 is 0 Å². The van der Waals surface area contributed by atoms with Gasteiger partial charge in [-0.05, 0) is 25.3 Å². The van der Waals surface area contributed by atoms with Crippen molar-refractivity contribution >= 4 is 10.0 Å². The average Bonchev–Trinajstić information content (AvgIpc) is 3.05. The van der Waals surface area contributed by atoms with Gasteiger partial charge in [0.05, 0.1) is 6.33 Å². The van der Waals surface area contributed by atoms with Crippen LogP contribution in [-0.2, 0) is 16.6 Å². The highest BCUT2D eigenvalue weighted by Crippen LogP contribution is 2.20. The maximum absolute atomic E-state index is 12.8. The molecule has 1 atom stereocenters. The summed E-state index contributed by atoms with van der Waals surface area (Å²) in [5.41, 5.74) is 0. The van der Waals surface area contributed by atoms with E-state index in [4.69, 9.17) is 0 Å². The Morgan fingerprint density at radius 3 is 2.86 bits per heavy atom. The minimum atomic E-state index is -3.50. The van der Waals surface area contributed by atoms with Crippen molar-refractivity contribution < 1.29 is 8.42 Å². The van der Waals surface area contributed by atoms with Crippen LogP contribution in [0.15, 0.2) is 17.6 Å². The molecule has 0 spiro atoms. The second-order valence-electron chi connectivity index (χ2n) is 6.06. The number of nitrogens with one attached hydrogen (secondary N) is 1. The lowest BCUT2D eigenvalue weighted by Gasteiger charge is -2.26. The van der Waals surface area contributed by atoms with Crippen LogP contribution in [-0.4, -0.2) is 48.0 Å². The molecular formula is C14H26N4O2S. The standard InChI is InChI=1S/C14H26N4O2S/c1-4-7-18(13-5-6-15-8-13)21(19,20)14-10-17(11-16-14)9-12(2)3/h10-13,15H,4-9H2,1-3H3. The second kappa shape index (κ2) is 6.89. The van der Waals surface area contributed by atoms with Crippen molar-refractivity contribution in [3.8, 4) is 0 Å². The Kier molecular flexibility index (Phi) is 5.40. The Hall–Kier alpha value is -0.920. The Bertz CT molecular complexity index is 547. The number of hydrogen-bond donors (Lipinski definition) is 1. The summed E-state index contributed by atoms with van der Waals surface area (Å²) in [6.07, 6.45) is 4.94. The molecule has 0 amide bonds. The lowest BCUT2D eigenvalue weighted by Crippen LogP contribution is -2.42. The molecule has 1 aliphatic rings. The van der Waals surface area contributed by atoms with Gasteiger partial charge in [0, 0.05) is 31.9 Å². The Morgan fingerprint density at radius 1 is 1.52 bits per heavy atom. The van der Waals surface area contributed by atoms with Gasteiger partial charge in [0.15, 0.2) is 5.03 Å². The molecule has 0 radical (unpaired) electrons. The van der Waals surface area contributed by atoms with E-state index in [0.717, 1.165) is 32.5 Å². The number of rotatable bonds is 7. The lowest BCUT2D eigenvalue weighted by molar-refractivity contribution is 0.334. The topological polar surface area (TPSA) is 67.2 Å². The van der Waals surface area contributed by atoms with Crippen molar-refractivity contribution in [3.05, 3.63) is 12.5 Å². The Morgan fingerprint density at radius 2 is 2.29 bits per heavy atom. The second-order valence-corrected chi connectivity index (χ2v) is 7.90. The van der Waals surface area contributed by atoms with Gasteiger partial charge in [-0.3, -0.25) is 0 Å². The summed E-state index contributed by atoms with van der Waals surface area (Å²) in [6.45, 7) is 9.13. The van der Waals surface area contributed by atoms with Crippen LogP contribution in [0.4, 0.5) is 0 Å². The first-order valence-electron chi connectivity index (χ1n) is 7.69. The summed E-state index contributed by atoms with van der Waals surface area (Å²) in [5, 5.41) is 3.40. The van der Waals surface area contributed by atoms with Crippen molar-refractivity contribution in [1.29, 1.82) is 0 Å². The number of aromatic nitrogens is 2. The smallest absolute Gasteiger partial charge is 0.262 e. The summed E-state index contributed by atoms with van der Waals surface area (Å²) < 4.78 is 29.1. The van der Waals surface area contributed by atoms with Gasteiger partial charge >= 0.3 is 0 Å². The zero-order valence-corrected chi connectivity index (χ0v) is 13.9. The van der Waals surface area contributed by atoms with Crippen molar-refractivity contribution in [2.45, 2.75) is 51.2 Å². The third-order valence-electron chi connectivity index (χ3n) is 3.64. The molecule has 21 heavy (non-hydrogen) atoms. The average molecular weight is 314 g/mol.